The summed E-state index contributed by atoms with van der Waals surface area (Å²) in [6, 6.07) is 10.4. The van der Waals surface area contributed by atoms with Crippen LogP contribution in [-0.4, -0.2) is 49.5 Å². The molecule has 21 heavy (non-hydrogen) atoms. The van der Waals surface area contributed by atoms with Crippen molar-refractivity contribution in [2.75, 3.05) is 37.8 Å². The van der Waals surface area contributed by atoms with Gasteiger partial charge in [0.25, 0.3) is 5.90 Å². The maximum absolute atomic E-state index is 11.6. The number of hydrogen-bond acceptors (Lipinski definition) is 5. The quantitative estimate of drug-likeness (QED) is 0.847. The third kappa shape index (κ3) is 3.49. The Hall–Kier alpha value is -2.14. The number of nitrogens with zero attached hydrogens (tertiary/aromatic N) is 3. The van der Waals surface area contributed by atoms with E-state index < -0.39 is 0 Å². The van der Waals surface area contributed by atoms with E-state index in [1.807, 2.05) is 6.07 Å². The summed E-state index contributed by atoms with van der Waals surface area (Å²) in [6.45, 7) is 4.21. The highest BCUT2D eigenvalue weighted by molar-refractivity contribution is 6.37. The standard InChI is InChI=1S/C16H19N3O2/c20-15-7-4-8-17-16(15)21-13-18-9-11-19(12-10-18)14-5-2-1-3-6-14/h1-6,8H,7,9-13H2. The minimum Gasteiger partial charge on any atom is -0.459 e. The molecule has 2 aliphatic heterocycles. The van der Waals surface area contributed by atoms with Gasteiger partial charge < -0.3 is 9.64 Å². The second-order valence-corrected chi connectivity index (χ2v) is 5.16. The summed E-state index contributed by atoms with van der Waals surface area (Å²) in [6.07, 6.45) is 3.76. The van der Waals surface area contributed by atoms with E-state index in [2.05, 4.69) is 39.1 Å². The Bertz CT molecular complexity index is 546. The fourth-order valence-corrected chi connectivity index (χ4v) is 2.48. The fourth-order valence-electron chi connectivity index (χ4n) is 2.48. The molecule has 2 aliphatic rings. The summed E-state index contributed by atoms with van der Waals surface area (Å²) in [5.41, 5.74) is 1.26. The number of Topliss-reactive ketones (excluding diaryl/α,β-unsaturated/α-hetero) is 1. The highest BCUT2D eigenvalue weighted by atomic mass is 16.5. The highest BCUT2D eigenvalue weighted by Crippen LogP contribution is 2.15. The zero-order chi connectivity index (χ0) is 14.5. The fraction of sp³-hybridized carbons (Fsp3) is 0.375. The van der Waals surface area contributed by atoms with Gasteiger partial charge in [0.15, 0.2) is 0 Å². The summed E-state index contributed by atoms with van der Waals surface area (Å²) >= 11 is 0. The normalized spacial score (nSPS) is 19.5. The van der Waals surface area contributed by atoms with Gasteiger partial charge in [0.1, 0.15) is 6.73 Å². The zero-order valence-electron chi connectivity index (χ0n) is 11.9. The van der Waals surface area contributed by atoms with E-state index in [0.717, 1.165) is 26.2 Å². The molecule has 0 radical (unpaired) electrons. The summed E-state index contributed by atoms with van der Waals surface area (Å²) in [7, 11) is 0. The molecule has 0 spiro atoms. The van der Waals surface area contributed by atoms with Gasteiger partial charge in [0, 0.05) is 44.5 Å². The lowest BCUT2D eigenvalue weighted by molar-refractivity contribution is -0.114. The van der Waals surface area contributed by atoms with E-state index in [9.17, 15) is 4.79 Å². The predicted molar refractivity (Wildman–Crippen MR) is 82.4 cm³/mol. The van der Waals surface area contributed by atoms with Gasteiger partial charge in [-0.1, -0.05) is 24.3 Å². The van der Waals surface area contributed by atoms with E-state index >= 15 is 0 Å². The third-order valence-electron chi connectivity index (χ3n) is 3.72. The second-order valence-electron chi connectivity index (χ2n) is 5.16. The van der Waals surface area contributed by atoms with Crippen LogP contribution in [0.2, 0.25) is 0 Å². The summed E-state index contributed by atoms with van der Waals surface area (Å²) in [5, 5.41) is 0. The number of aliphatic imine (C=N–C) groups is 1. The zero-order valence-corrected chi connectivity index (χ0v) is 11.9. The smallest absolute Gasteiger partial charge is 0.259 e. The lowest BCUT2D eigenvalue weighted by Gasteiger charge is -2.35. The molecular formula is C16H19N3O2. The monoisotopic (exact) mass is 285 g/mol. The Kier molecular flexibility index (Phi) is 4.31. The van der Waals surface area contributed by atoms with Crippen LogP contribution in [0.25, 0.3) is 0 Å². The van der Waals surface area contributed by atoms with Crippen LogP contribution >= 0.6 is 0 Å². The van der Waals surface area contributed by atoms with Gasteiger partial charge in [0.2, 0.25) is 5.78 Å². The van der Waals surface area contributed by atoms with Gasteiger partial charge >= 0.3 is 0 Å². The van der Waals surface area contributed by atoms with Gasteiger partial charge in [-0.15, -0.1) is 0 Å². The predicted octanol–water partition coefficient (Wildman–Crippen LogP) is 1.67. The minimum absolute atomic E-state index is 0.0413. The van der Waals surface area contributed by atoms with Crippen LogP contribution in [0.3, 0.4) is 0 Å². The highest BCUT2D eigenvalue weighted by Gasteiger charge is 2.19. The van der Waals surface area contributed by atoms with E-state index in [1.54, 1.807) is 12.3 Å². The Labute approximate surface area is 124 Å². The van der Waals surface area contributed by atoms with Crippen molar-refractivity contribution in [3.63, 3.8) is 0 Å². The van der Waals surface area contributed by atoms with Gasteiger partial charge in [-0.3, -0.25) is 9.69 Å². The molecular weight excluding hydrogens is 266 g/mol. The Morgan fingerprint density at radius 1 is 1.10 bits per heavy atom. The van der Waals surface area contributed by atoms with E-state index in [1.165, 1.54) is 5.69 Å². The number of piperazine rings is 1. The Morgan fingerprint density at radius 2 is 1.86 bits per heavy atom. The molecule has 0 unspecified atom stereocenters. The Balaban J connectivity index is 1.47. The van der Waals surface area contributed by atoms with Gasteiger partial charge in [-0.2, -0.15) is 0 Å². The number of allylic oxidation sites excluding steroid dienone is 1. The number of ketones is 1. The average Bonchev–Trinajstić information content (AvgIpc) is 2.55. The lowest BCUT2D eigenvalue weighted by Crippen LogP contribution is -2.47. The van der Waals surface area contributed by atoms with E-state index in [0.29, 0.717) is 13.2 Å². The molecule has 0 saturated carbocycles. The summed E-state index contributed by atoms with van der Waals surface area (Å²) in [4.78, 5) is 20.1. The topological polar surface area (TPSA) is 45.1 Å². The first-order chi connectivity index (χ1) is 10.3. The van der Waals surface area contributed by atoms with Crippen LogP contribution in [0.4, 0.5) is 5.69 Å². The average molecular weight is 285 g/mol. The number of ether oxygens (including phenoxy) is 1. The van der Waals surface area contributed by atoms with Gasteiger partial charge in [0.05, 0.1) is 0 Å². The maximum atomic E-state index is 11.6. The molecule has 1 aromatic rings. The molecule has 1 saturated heterocycles. The third-order valence-corrected chi connectivity index (χ3v) is 3.72. The molecule has 0 amide bonds. The molecule has 0 aliphatic carbocycles. The summed E-state index contributed by atoms with van der Waals surface area (Å²) < 4.78 is 5.53. The minimum atomic E-state index is -0.0413. The molecule has 0 atom stereocenters. The van der Waals surface area contributed by atoms with E-state index in [-0.39, 0.29) is 11.7 Å². The SMILES string of the molecule is O=C1CC=CN=C1OCN1CCN(c2ccccc2)CC1. The van der Waals surface area contributed by atoms with Gasteiger partial charge in [-0.25, -0.2) is 4.99 Å². The first kappa shape index (κ1) is 13.8. The molecule has 5 nitrogen and oxygen atoms in total. The number of carbonyl (C=O) groups excluding carboxylic acids is 1. The van der Waals surface area contributed by atoms with Crippen molar-refractivity contribution in [1.82, 2.24) is 4.90 Å². The van der Waals surface area contributed by atoms with Crippen LogP contribution < -0.4 is 4.90 Å². The van der Waals surface area contributed by atoms with Crippen LogP contribution in [0.5, 0.6) is 0 Å². The van der Waals surface area contributed by atoms with Crippen molar-refractivity contribution in [3.8, 4) is 0 Å². The van der Waals surface area contributed by atoms with Crippen molar-refractivity contribution in [2.45, 2.75) is 6.42 Å². The van der Waals surface area contributed by atoms with Crippen molar-refractivity contribution in [3.05, 3.63) is 42.6 Å². The molecule has 5 heteroatoms. The number of para-hydroxylation sites is 1. The van der Waals surface area contributed by atoms with Crippen molar-refractivity contribution in [2.24, 2.45) is 4.99 Å². The number of hydrogen-bond donors (Lipinski definition) is 0. The van der Waals surface area contributed by atoms with Crippen LogP contribution in [0.15, 0.2) is 47.6 Å². The molecule has 110 valence electrons. The number of benzene rings is 1. The number of rotatable bonds is 3. The lowest BCUT2D eigenvalue weighted by atomic mass is 10.2. The first-order valence-electron chi connectivity index (χ1n) is 7.24. The van der Waals surface area contributed by atoms with E-state index in [4.69, 9.17) is 4.74 Å². The van der Waals surface area contributed by atoms with Gasteiger partial charge in [-0.05, 0) is 12.1 Å². The molecule has 2 heterocycles. The largest absolute Gasteiger partial charge is 0.459 e. The summed E-state index contributed by atoms with van der Waals surface area (Å²) in [5.74, 6) is 0.198. The maximum Gasteiger partial charge on any atom is 0.259 e. The molecule has 0 aromatic heterocycles. The van der Waals surface area contributed by atoms with Crippen LogP contribution in [-0.2, 0) is 9.53 Å². The Morgan fingerprint density at radius 3 is 2.57 bits per heavy atom. The molecule has 1 aromatic carbocycles. The molecule has 0 N–H and O–H groups in total. The van der Waals surface area contributed by atoms with Crippen LogP contribution in [0, 0.1) is 0 Å². The number of anilines is 1. The number of carbonyl (C=O) groups is 1. The molecule has 3 rings (SSSR count). The van der Waals surface area contributed by atoms with Crippen molar-refractivity contribution < 1.29 is 9.53 Å². The molecule has 1 fully saturated rings. The van der Waals surface area contributed by atoms with Crippen molar-refractivity contribution >= 4 is 17.4 Å². The second kappa shape index (κ2) is 6.54. The van der Waals surface area contributed by atoms with Crippen molar-refractivity contribution in [1.29, 1.82) is 0 Å². The first-order valence-corrected chi connectivity index (χ1v) is 7.24. The van der Waals surface area contributed by atoms with Crippen LogP contribution in [0.1, 0.15) is 6.42 Å². The molecule has 0 bridgehead atoms.